The van der Waals surface area contributed by atoms with Gasteiger partial charge < -0.3 is 4.74 Å². The average Bonchev–Trinajstić information content (AvgIpc) is 2.93. The van der Waals surface area contributed by atoms with Crippen LogP contribution < -0.4 is 15.6 Å². The average molecular weight is 336 g/mol. The van der Waals surface area contributed by atoms with Gasteiger partial charge in [0.15, 0.2) is 0 Å². The number of benzene rings is 1. The molecule has 2 aromatic rings. The third kappa shape index (κ3) is 3.87. The molecule has 23 heavy (non-hydrogen) atoms. The van der Waals surface area contributed by atoms with E-state index >= 15 is 0 Å². The van der Waals surface area contributed by atoms with E-state index in [1.54, 1.807) is 6.07 Å². The molecule has 0 saturated carbocycles. The van der Waals surface area contributed by atoms with Crippen LogP contribution in [0, 0.1) is 12.7 Å². The van der Waals surface area contributed by atoms with Crippen LogP contribution in [0.1, 0.15) is 37.4 Å². The fraction of sp³-hybridized carbons (Fsp3) is 0.250. The lowest BCUT2D eigenvalue weighted by atomic mass is 10.2. The Bertz CT molecular complexity index is 743. The minimum atomic E-state index is -0.734. The highest BCUT2D eigenvalue weighted by molar-refractivity contribution is 7.14. The fourth-order valence-corrected chi connectivity index (χ4v) is 3.04. The van der Waals surface area contributed by atoms with Crippen molar-refractivity contribution in [2.24, 2.45) is 0 Å². The summed E-state index contributed by atoms with van der Waals surface area (Å²) >= 11 is 1.37. The molecule has 2 N–H and O–H groups in total. The highest BCUT2D eigenvalue weighted by Gasteiger charge is 2.15. The van der Waals surface area contributed by atoms with Crippen LogP contribution in [-0.2, 0) is 6.42 Å². The molecule has 0 aliphatic carbocycles. The molecule has 0 atom stereocenters. The van der Waals surface area contributed by atoms with Crippen LogP contribution in [0.2, 0.25) is 0 Å². The van der Waals surface area contributed by atoms with Crippen LogP contribution in [0.4, 0.5) is 4.39 Å². The second-order valence-corrected chi connectivity index (χ2v) is 5.96. The molecule has 0 saturated heterocycles. The van der Waals surface area contributed by atoms with Gasteiger partial charge in [-0.05, 0) is 37.1 Å². The summed E-state index contributed by atoms with van der Waals surface area (Å²) in [6, 6.07) is 5.63. The lowest BCUT2D eigenvalue weighted by Crippen LogP contribution is -2.41. The summed E-state index contributed by atoms with van der Waals surface area (Å²) in [5.41, 5.74) is 5.36. The molecule has 0 spiro atoms. The minimum absolute atomic E-state index is 0.178. The summed E-state index contributed by atoms with van der Waals surface area (Å²) in [6.45, 7) is 3.94. The Hall–Kier alpha value is -2.41. The van der Waals surface area contributed by atoms with Gasteiger partial charge in [-0.25, -0.2) is 4.39 Å². The van der Waals surface area contributed by atoms with E-state index in [-0.39, 0.29) is 5.56 Å². The number of nitrogens with one attached hydrogen (secondary N) is 2. The van der Waals surface area contributed by atoms with Crippen molar-refractivity contribution in [3.8, 4) is 5.75 Å². The van der Waals surface area contributed by atoms with Crippen molar-refractivity contribution in [1.82, 2.24) is 10.9 Å². The van der Waals surface area contributed by atoms with Crippen LogP contribution in [0.3, 0.4) is 0 Å². The molecule has 0 fully saturated rings. The van der Waals surface area contributed by atoms with E-state index in [9.17, 15) is 14.0 Å². The summed E-state index contributed by atoms with van der Waals surface area (Å²) in [5.74, 6) is -1.58. The number of methoxy groups -OCH3 is 1. The number of ether oxygens (including phenoxy) is 1. The van der Waals surface area contributed by atoms with E-state index in [4.69, 9.17) is 4.74 Å². The smallest absolute Gasteiger partial charge is 0.279 e. The summed E-state index contributed by atoms with van der Waals surface area (Å²) < 4.78 is 18.7. The first-order valence-electron chi connectivity index (χ1n) is 6.99. The van der Waals surface area contributed by atoms with Crippen LogP contribution in [0.15, 0.2) is 24.3 Å². The Morgan fingerprint density at radius 2 is 1.91 bits per heavy atom. The molecule has 0 aliphatic rings. The zero-order valence-corrected chi connectivity index (χ0v) is 13.8. The van der Waals surface area contributed by atoms with Gasteiger partial charge in [0.05, 0.1) is 17.6 Å². The quantitative estimate of drug-likeness (QED) is 0.844. The van der Waals surface area contributed by atoms with E-state index in [1.807, 2.05) is 13.8 Å². The van der Waals surface area contributed by atoms with Gasteiger partial charge in [-0.15, -0.1) is 11.3 Å². The zero-order chi connectivity index (χ0) is 17.0. The van der Waals surface area contributed by atoms with Crippen molar-refractivity contribution in [1.29, 1.82) is 0 Å². The maximum absolute atomic E-state index is 13.8. The minimum Gasteiger partial charge on any atom is -0.497 e. The molecule has 0 unspecified atom stereocenters. The summed E-state index contributed by atoms with van der Waals surface area (Å²) in [6.07, 6.45) is 0.840. The normalized spacial score (nSPS) is 10.3. The summed E-state index contributed by atoms with van der Waals surface area (Å²) in [4.78, 5) is 25.6. The van der Waals surface area contributed by atoms with Crippen LogP contribution in [0.25, 0.3) is 0 Å². The highest BCUT2D eigenvalue weighted by atomic mass is 32.1. The van der Waals surface area contributed by atoms with Crippen molar-refractivity contribution in [3.63, 3.8) is 0 Å². The molecular weight excluding hydrogens is 319 g/mol. The van der Waals surface area contributed by atoms with Crippen molar-refractivity contribution >= 4 is 23.2 Å². The molecule has 1 aromatic heterocycles. The van der Waals surface area contributed by atoms with Crippen molar-refractivity contribution in [3.05, 3.63) is 51.0 Å². The zero-order valence-electron chi connectivity index (χ0n) is 13.0. The molecular formula is C16H17FN2O3S. The number of amides is 2. The standard InChI is InChI=1S/C16H17FN2O3S/c1-4-13-9(2)7-14(23-13)16(21)19-18-15(20)11-6-5-10(22-3)8-12(11)17/h5-8H,4H2,1-3H3,(H,18,20)(H,19,21). The topological polar surface area (TPSA) is 67.4 Å². The first kappa shape index (κ1) is 17.0. The Morgan fingerprint density at radius 3 is 2.48 bits per heavy atom. The molecule has 0 bridgehead atoms. The predicted molar refractivity (Wildman–Crippen MR) is 86.3 cm³/mol. The number of carbonyl (C=O) groups is 2. The molecule has 0 radical (unpaired) electrons. The van der Waals surface area contributed by atoms with E-state index in [2.05, 4.69) is 10.9 Å². The lowest BCUT2D eigenvalue weighted by Gasteiger charge is -2.08. The van der Waals surface area contributed by atoms with Gasteiger partial charge in [0.1, 0.15) is 11.6 Å². The molecule has 122 valence electrons. The number of rotatable bonds is 4. The van der Waals surface area contributed by atoms with Gasteiger partial charge in [-0.1, -0.05) is 6.92 Å². The van der Waals surface area contributed by atoms with Crippen LogP contribution in [-0.4, -0.2) is 18.9 Å². The molecule has 1 heterocycles. The SMILES string of the molecule is CCc1sc(C(=O)NNC(=O)c2ccc(OC)cc2F)cc1C. The number of hydrazine groups is 1. The first-order chi connectivity index (χ1) is 11.0. The third-order valence-corrected chi connectivity index (χ3v) is 4.66. The van der Waals surface area contributed by atoms with E-state index in [0.29, 0.717) is 10.6 Å². The molecule has 1 aromatic carbocycles. The molecule has 5 nitrogen and oxygen atoms in total. The number of hydrogen-bond donors (Lipinski definition) is 2. The first-order valence-corrected chi connectivity index (χ1v) is 7.81. The van der Waals surface area contributed by atoms with Crippen LogP contribution in [0.5, 0.6) is 5.75 Å². The van der Waals surface area contributed by atoms with Gasteiger partial charge in [0.2, 0.25) is 0 Å². The monoisotopic (exact) mass is 336 g/mol. The molecule has 2 rings (SSSR count). The molecule has 2 amide bonds. The van der Waals surface area contributed by atoms with Gasteiger partial charge in [-0.2, -0.15) is 0 Å². The van der Waals surface area contributed by atoms with Gasteiger partial charge in [0.25, 0.3) is 11.8 Å². The van der Waals surface area contributed by atoms with Gasteiger partial charge >= 0.3 is 0 Å². The van der Waals surface area contributed by atoms with Crippen molar-refractivity contribution in [2.75, 3.05) is 7.11 Å². The van der Waals surface area contributed by atoms with E-state index in [1.165, 1.54) is 30.6 Å². The third-order valence-electron chi connectivity index (χ3n) is 3.28. The second kappa shape index (κ2) is 7.23. The Kier molecular flexibility index (Phi) is 5.33. The summed E-state index contributed by atoms with van der Waals surface area (Å²) in [5, 5.41) is 0. The fourth-order valence-electron chi connectivity index (χ4n) is 2.03. The molecule has 7 heteroatoms. The predicted octanol–water partition coefficient (Wildman–Crippen LogP) is 2.84. The van der Waals surface area contributed by atoms with Gasteiger partial charge in [0, 0.05) is 10.9 Å². The van der Waals surface area contributed by atoms with Crippen LogP contribution >= 0.6 is 11.3 Å². The van der Waals surface area contributed by atoms with Crippen molar-refractivity contribution in [2.45, 2.75) is 20.3 Å². The maximum atomic E-state index is 13.8. The number of hydrogen-bond acceptors (Lipinski definition) is 4. The van der Waals surface area contributed by atoms with E-state index < -0.39 is 17.6 Å². The Morgan fingerprint density at radius 1 is 1.22 bits per heavy atom. The largest absolute Gasteiger partial charge is 0.497 e. The highest BCUT2D eigenvalue weighted by Crippen LogP contribution is 2.22. The lowest BCUT2D eigenvalue weighted by molar-refractivity contribution is 0.0846. The summed E-state index contributed by atoms with van der Waals surface area (Å²) in [7, 11) is 1.41. The number of carbonyl (C=O) groups excluding carboxylic acids is 2. The maximum Gasteiger partial charge on any atom is 0.279 e. The number of aryl methyl sites for hydroxylation is 2. The molecule has 0 aliphatic heterocycles. The van der Waals surface area contributed by atoms with Crippen molar-refractivity contribution < 1.29 is 18.7 Å². The second-order valence-electron chi connectivity index (χ2n) is 4.82. The Labute approximate surface area is 137 Å². The number of thiophene rings is 1. The number of halogens is 1. The van der Waals surface area contributed by atoms with E-state index in [0.717, 1.165) is 22.9 Å². The Balaban J connectivity index is 2.02. The van der Waals surface area contributed by atoms with Gasteiger partial charge in [-0.3, -0.25) is 20.4 Å².